The molecule has 0 spiro atoms. The zero-order valence-electron chi connectivity index (χ0n) is 14.6. The summed E-state index contributed by atoms with van der Waals surface area (Å²) >= 11 is 0. The molecule has 1 amide bonds. The summed E-state index contributed by atoms with van der Waals surface area (Å²) < 4.78 is 32.7. The Kier molecular flexibility index (Phi) is 4.60. The number of likely N-dealkylation sites (tertiary alicyclic amines) is 1. The molecule has 1 fully saturated rings. The molecule has 0 radical (unpaired) electrons. The summed E-state index contributed by atoms with van der Waals surface area (Å²) in [4.78, 5) is 20.2. The van der Waals surface area contributed by atoms with E-state index in [0.29, 0.717) is 13.1 Å². The van der Waals surface area contributed by atoms with E-state index in [-0.39, 0.29) is 28.5 Å². The Bertz CT molecular complexity index is 762. The van der Waals surface area contributed by atoms with Crippen molar-refractivity contribution in [3.05, 3.63) is 41.8 Å². The van der Waals surface area contributed by atoms with Gasteiger partial charge in [0.25, 0.3) is 5.91 Å². The first-order valence-corrected chi connectivity index (χ1v) is 8.13. The molecule has 2 aromatic rings. The fourth-order valence-corrected chi connectivity index (χ4v) is 3.02. The van der Waals surface area contributed by atoms with Crippen molar-refractivity contribution in [3.63, 3.8) is 0 Å². The van der Waals surface area contributed by atoms with Gasteiger partial charge in [0.1, 0.15) is 23.5 Å². The van der Waals surface area contributed by atoms with Crippen molar-refractivity contribution in [3.8, 4) is 11.5 Å². The molecular formula is C18H21F2N3O2. The molecule has 134 valence electrons. The van der Waals surface area contributed by atoms with Gasteiger partial charge in [0, 0.05) is 18.5 Å². The topological polar surface area (TPSA) is 49.6 Å². The summed E-state index contributed by atoms with van der Waals surface area (Å²) in [5.74, 6) is -2.06. The van der Waals surface area contributed by atoms with Crippen LogP contribution in [0.5, 0.6) is 0 Å². The van der Waals surface area contributed by atoms with Crippen molar-refractivity contribution in [1.29, 1.82) is 0 Å². The van der Waals surface area contributed by atoms with Gasteiger partial charge in [-0.25, -0.2) is 13.8 Å². The van der Waals surface area contributed by atoms with Crippen molar-refractivity contribution in [2.75, 3.05) is 33.7 Å². The lowest BCUT2D eigenvalue weighted by molar-refractivity contribution is 0.00764. The Morgan fingerprint density at radius 2 is 1.96 bits per heavy atom. The van der Waals surface area contributed by atoms with E-state index in [1.54, 1.807) is 4.90 Å². The fourth-order valence-electron chi connectivity index (χ4n) is 3.02. The normalized spacial score (nSPS) is 16.2. The van der Waals surface area contributed by atoms with Crippen LogP contribution < -0.4 is 0 Å². The molecule has 25 heavy (non-hydrogen) atoms. The third-order valence-corrected chi connectivity index (χ3v) is 4.49. The van der Waals surface area contributed by atoms with E-state index in [4.69, 9.17) is 4.42 Å². The minimum atomic E-state index is -0.777. The quantitative estimate of drug-likeness (QED) is 0.833. The SMILES string of the molecule is CN(C)CCC1(C)CN(C(=O)c2coc(-c3c(F)cccc3F)n2)C1. The highest BCUT2D eigenvalue weighted by molar-refractivity contribution is 5.93. The monoisotopic (exact) mass is 349 g/mol. The number of amides is 1. The smallest absolute Gasteiger partial charge is 0.275 e. The average molecular weight is 349 g/mol. The van der Waals surface area contributed by atoms with Gasteiger partial charge in [-0.15, -0.1) is 0 Å². The van der Waals surface area contributed by atoms with Crippen LogP contribution in [0.15, 0.2) is 28.9 Å². The van der Waals surface area contributed by atoms with E-state index >= 15 is 0 Å². The lowest BCUT2D eigenvalue weighted by Gasteiger charge is -2.48. The predicted molar refractivity (Wildman–Crippen MR) is 89.0 cm³/mol. The maximum atomic E-state index is 13.8. The highest BCUT2D eigenvalue weighted by Gasteiger charge is 2.41. The molecule has 0 bridgehead atoms. The number of carbonyl (C=O) groups excluding carboxylic acids is 1. The van der Waals surface area contributed by atoms with Gasteiger partial charge in [0.05, 0.1) is 0 Å². The molecule has 1 aromatic carbocycles. The number of rotatable bonds is 5. The summed E-state index contributed by atoms with van der Waals surface area (Å²) in [7, 11) is 4.04. The van der Waals surface area contributed by atoms with Gasteiger partial charge in [0.2, 0.25) is 5.89 Å². The Balaban J connectivity index is 1.69. The van der Waals surface area contributed by atoms with Crippen LogP contribution in [0.4, 0.5) is 8.78 Å². The first-order chi connectivity index (χ1) is 11.8. The zero-order chi connectivity index (χ0) is 18.2. The minimum absolute atomic E-state index is 0.0623. The van der Waals surface area contributed by atoms with E-state index in [1.807, 2.05) is 14.1 Å². The number of aromatic nitrogens is 1. The fraction of sp³-hybridized carbons (Fsp3) is 0.444. The van der Waals surface area contributed by atoms with Crippen LogP contribution >= 0.6 is 0 Å². The summed E-state index contributed by atoms with van der Waals surface area (Å²) in [6, 6.07) is 3.50. The minimum Gasteiger partial charge on any atom is -0.443 e. The largest absolute Gasteiger partial charge is 0.443 e. The molecule has 1 aromatic heterocycles. The molecule has 1 saturated heterocycles. The first kappa shape index (κ1) is 17.5. The van der Waals surface area contributed by atoms with Crippen molar-refractivity contribution in [2.24, 2.45) is 5.41 Å². The molecule has 0 atom stereocenters. The molecular weight excluding hydrogens is 328 g/mol. The van der Waals surface area contributed by atoms with Gasteiger partial charge in [-0.3, -0.25) is 4.79 Å². The predicted octanol–water partition coefficient (Wildman–Crippen LogP) is 3.03. The standard InChI is InChI=1S/C18H21F2N3O2/c1-18(7-8-22(2)3)10-23(11-18)17(24)14-9-25-16(21-14)15-12(19)5-4-6-13(15)20/h4-6,9H,7-8,10-11H2,1-3H3. The lowest BCUT2D eigenvalue weighted by Crippen LogP contribution is -2.57. The molecule has 1 aliphatic rings. The van der Waals surface area contributed by atoms with Gasteiger partial charge in [0.15, 0.2) is 5.69 Å². The van der Waals surface area contributed by atoms with Crippen LogP contribution in [0.25, 0.3) is 11.5 Å². The third-order valence-electron chi connectivity index (χ3n) is 4.49. The van der Waals surface area contributed by atoms with Gasteiger partial charge in [-0.05, 0) is 39.2 Å². The molecule has 2 heterocycles. The van der Waals surface area contributed by atoms with Crippen LogP contribution in [0, 0.1) is 17.0 Å². The summed E-state index contributed by atoms with van der Waals surface area (Å²) in [6.07, 6.45) is 2.15. The molecule has 0 aliphatic carbocycles. The zero-order valence-corrected chi connectivity index (χ0v) is 14.6. The van der Waals surface area contributed by atoms with Crippen LogP contribution in [-0.2, 0) is 0 Å². The van der Waals surface area contributed by atoms with Crippen LogP contribution in [-0.4, -0.2) is 54.4 Å². The highest BCUT2D eigenvalue weighted by atomic mass is 19.1. The maximum Gasteiger partial charge on any atom is 0.275 e. The molecule has 7 heteroatoms. The summed E-state index contributed by atoms with van der Waals surface area (Å²) in [6.45, 7) is 4.37. The van der Waals surface area contributed by atoms with E-state index in [1.165, 1.54) is 6.07 Å². The second-order valence-corrected chi connectivity index (χ2v) is 7.16. The Morgan fingerprint density at radius 1 is 1.32 bits per heavy atom. The Morgan fingerprint density at radius 3 is 2.56 bits per heavy atom. The van der Waals surface area contributed by atoms with Gasteiger partial charge >= 0.3 is 0 Å². The molecule has 0 saturated carbocycles. The number of hydrogen-bond donors (Lipinski definition) is 0. The number of benzene rings is 1. The summed E-state index contributed by atoms with van der Waals surface area (Å²) in [5.41, 5.74) is -0.210. The van der Waals surface area contributed by atoms with E-state index < -0.39 is 11.6 Å². The molecule has 0 unspecified atom stereocenters. The molecule has 5 nitrogen and oxygen atoms in total. The van der Waals surface area contributed by atoms with E-state index in [9.17, 15) is 13.6 Å². The summed E-state index contributed by atoms with van der Waals surface area (Å²) in [5, 5.41) is 0. The number of nitrogens with zero attached hydrogens (tertiary/aromatic N) is 3. The van der Waals surface area contributed by atoms with Crippen LogP contribution in [0.3, 0.4) is 0 Å². The van der Waals surface area contributed by atoms with Crippen molar-refractivity contribution in [1.82, 2.24) is 14.8 Å². The molecule has 1 aliphatic heterocycles. The van der Waals surface area contributed by atoms with E-state index in [0.717, 1.165) is 31.4 Å². The van der Waals surface area contributed by atoms with Crippen molar-refractivity contribution in [2.45, 2.75) is 13.3 Å². The average Bonchev–Trinajstić information content (AvgIpc) is 2.99. The van der Waals surface area contributed by atoms with Crippen LogP contribution in [0.2, 0.25) is 0 Å². The lowest BCUT2D eigenvalue weighted by atomic mass is 9.78. The Hall–Kier alpha value is -2.28. The van der Waals surface area contributed by atoms with Gasteiger partial charge in [-0.2, -0.15) is 0 Å². The van der Waals surface area contributed by atoms with E-state index in [2.05, 4.69) is 16.8 Å². The van der Waals surface area contributed by atoms with Gasteiger partial charge in [-0.1, -0.05) is 13.0 Å². The van der Waals surface area contributed by atoms with Crippen molar-refractivity contribution >= 4 is 5.91 Å². The number of oxazole rings is 1. The first-order valence-electron chi connectivity index (χ1n) is 8.13. The molecule has 0 N–H and O–H groups in total. The number of halogens is 2. The molecule has 3 rings (SSSR count). The number of hydrogen-bond acceptors (Lipinski definition) is 4. The van der Waals surface area contributed by atoms with Crippen molar-refractivity contribution < 1.29 is 18.0 Å². The maximum absolute atomic E-state index is 13.8. The van der Waals surface area contributed by atoms with Gasteiger partial charge < -0.3 is 14.2 Å². The second-order valence-electron chi connectivity index (χ2n) is 7.16. The second kappa shape index (κ2) is 6.55. The highest BCUT2D eigenvalue weighted by Crippen LogP contribution is 2.34. The third kappa shape index (κ3) is 3.56. The number of carbonyl (C=O) groups is 1. The van der Waals surface area contributed by atoms with Crippen LogP contribution in [0.1, 0.15) is 23.8 Å². The Labute approximate surface area is 145 Å².